The van der Waals surface area contributed by atoms with Crippen molar-refractivity contribution < 1.29 is 4.79 Å². The number of imidazole rings is 1. The lowest BCUT2D eigenvalue weighted by molar-refractivity contribution is -0.119. The van der Waals surface area contributed by atoms with E-state index in [1.54, 1.807) is 43.2 Å². The first-order valence-electron chi connectivity index (χ1n) is 10.2. The molecule has 0 saturated carbocycles. The number of thioether (sulfide) groups is 1. The van der Waals surface area contributed by atoms with Crippen LogP contribution in [0.1, 0.15) is 13.0 Å². The van der Waals surface area contributed by atoms with Gasteiger partial charge in [0.15, 0.2) is 5.16 Å². The molecule has 1 aromatic carbocycles. The molecule has 3 aromatic heterocycles. The smallest absolute Gasteiger partial charge is 0.267 e. The monoisotopic (exact) mass is 444 g/mol. The summed E-state index contributed by atoms with van der Waals surface area (Å²) in [5, 5.41) is 8.28. The van der Waals surface area contributed by atoms with E-state index < -0.39 is 6.04 Å². The topological polar surface area (TPSA) is 94.7 Å². The number of hydrogen-bond donors (Lipinski definition) is 1. The number of aromatic nitrogens is 5. The van der Waals surface area contributed by atoms with Crippen LogP contribution in [0, 0.1) is 0 Å². The molecule has 5 rings (SSSR count). The zero-order valence-corrected chi connectivity index (χ0v) is 18.1. The second-order valence-corrected chi connectivity index (χ2v) is 8.50. The maximum Gasteiger partial charge on any atom is 0.267 e. The Morgan fingerprint density at radius 1 is 1.09 bits per heavy atom. The van der Waals surface area contributed by atoms with Gasteiger partial charge in [0.25, 0.3) is 5.56 Å². The SMILES string of the molecule is CC(C(=O)Nc1ccc(-c2cn3c(n2)SCC3)cc1)n1nc(-c2cccnc2)ccc1=O. The van der Waals surface area contributed by atoms with Crippen molar-refractivity contribution >= 4 is 23.4 Å². The fourth-order valence-electron chi connectivity index (χ4n) is 3.50. The van der Waals surface area contributed by atoms with E-state index in [-0.39, 0.29) is 11.5 Å². The molecule has 0 spiro atoms. The van der Waals surface area contributed by atoms with E-state index in [1.807, 2.05) is 30.3 Å². The van der Waals surface area contributed by atoms with Crippen LogP contribution in [0.3, 0.4) is 0 Å². The summed E-state index contributed by atoms with van der Waals surface area (Å²) in [6, 6.07) is 13.4. The van der Waals surface area contributed by atoms with Gasteiger partial charge in [0.05, 0.1) is 11.4 Å². The van der Waals surface area contributed by atoms with E-state index >= 15 is 0 Å². The summed E-state index contributed by atoms with van der Waals surface area (Å²) in [5.74, 6) is 0.738. The Morgan fingerprint density at radius 2 is 1.94 bits per heavy atom. The van der Waals surface area contributed by atoms with Crippen LogP contribution in [0.5, 0.6) is 0 Å². The molecule has 0 bridgehead atoms. The third-order valence-electron chi connectivity index (χ3n) is 5.28. The van der Waals surface area contributed by atoms with Crippen molar-refractivity contribution in [1.82, 2.24) is 24.3 Å². The van der Waals surface area contributed by atoms with Crippen LogP contribution >= 0.6 is 11.8 Å². The molecule has 32 heavy (non-hydrogen) atoms. The Hall–Kier alpha value is -3.72. The Bertz CT molecular complexity index is 1310. The molecule has 4 aromatic rings. The van der Waals surface area contributed by atoms with Gasteiger partial charge in [-0.05, 0) is 37.3 Å². The summed E-state index contributed by atoms with van der Waals surface area (Å²) in [6.07, 6.45) is 5.38. The molecule has 1 atom stereocenters. The number of amides is 1. The number of hydrogen-bond acceptors (Lipinski definition) is 6. The number of nitrogens with zero attached hydrogens (tertiary/aromatic N) is 5. The number of anilines is 1. The molecular formula is C23H20N6O2S. The summed E-state index contributed by atoms with van der Waals surface area (Å²) >= 11 is 1.75. The van der Waals surface area contributed by atoms with Crippen molar-refractivity contribution in [3.8, 4) is 22.5 Å². The highest BCUT2D eigenvalue weighted by molar-refractivity contribution is 7.99. The summed E-state index contributed by atoms with van der Waals surface area (Å²) in [5.41, 5.74) is 3.55. The molecule has 4 heterocycles. The standard InChI is InChI=1S/C23H20N6O2S/c1-15(29-21(30)9-8-19(27-29)17-3-2-10-24-13-17)22(31)25-18-6-4-16(5-7-18)20-14-28-11-12-32-23(28)26-20/h2-10,13-15H,11-12H2,1H3,(H,25,31). The number of nitrogens with one attached hydrogen (secondary N) is 1. The summed E-state index contributed by atoms with van der Waals surface area (Å²) < 4.78 is 3.35. The number of carbonyl (C=O) groups excluding carboxylic acids is 1. The van der Waals surface area contributed by atoms with Crippen molar-refractivity contribution in [2.24, 2.45) is 0 Å². The predicted octanol–water partition coefficient (Wildman–Crippen LogP) is 3.47. The van der Waals surface area contributed by atoms with E-state index in [0.717, 1.165) is 34.3 Å². The first kappa shape index (κ1) is 20.2. The lowest BCUT2D eigenvalue weighted by atomic mass is 10.1. The number of fused-ring (bicyclic) bond motifs is 1. The molecule has 0 radical (unpaired) electrons. The minimum absolute atomic E-state index is 0.326. The third kappa shape index (κ3) is 3.94. The van der Waals surface area contributed by atoms with E-state index in [2.05, 4.69) is 31.1 Å². The van der Waals surface area contributed by atoms with Crippen LogP contribution in [0.15, 0.2) is 77.1 Å². The number of rotatable bonds is 5. The Morgan fingerprint density at radius 3 is 2.69 bits per heavy atom. The Kier molecular flexibility index (Phi) is 5.32. The number of aryl methyl sites for hydroxylation is 1. The molecule has 0 aliphatic carbocycles. The largest absolute Gasteiger partial charge is 0.325 e. The van der Waals surface area contributed by atoms with Crippen LogP contribution in [0.2, 0.25) is 0 Å². The van der Waals surface area contributed by atoms with Crippen molar-refractivity contribution in [3.05, 3.63) is 77.5 Å². The first-order chi connectivity index (χ1) is 15.6. The molecule has 1 N–H and O–H groups in total. The molecule has 9 heteroatoms. The van der Waals surface area contributed by atoms with Gasteiger partial charge < -0.3 is 9.88 Å². The predicted molar refractivity (Wildman–Crippen MR) is 123 cm³/mol. The average Bonchev–Trinajstić information content (AvgIpc) is 3.43. The first-order valence-corrected chi connectivity index (χ1v) is 11.2. The minimum atomic E-state index is -0.785. The van der Waals surface area contributed by atoms with Crippen molar-refractivity contribution in [3.63, 3.8) is 0 Å². The third-order valence-corrected chi connectivity index (χ3v) is 6.25. The molecule has 0 fully saturated rings. The molecular weight excluding hydrogens is 424 g/mol. The van der Waals surface area contributed by atoms with E-state index in [1.165, 1.54) is 10.7 Å². The van der Waals surface area contributed by atoms with Crippen LogP contribution in [0.25, 0.3) is 22.5 Å². The molecule has 160 valence electrons. The Labute approximate surface area is 188 Å². The molecule has 1 aliphatic rings. The highest BCUT2D eigenvalue weighted by Gasteiger charge is 2.19. The van der Waals surface area contributed by atoms with Gasteiger partial charge in [-0.1, -0.05) is 23.9 Å². The minimum Gasteiger partial charge on any atom is -0.325 e. The lowest BCUT2D eigenvalue weighted by Crippen LogP contribution is -2.33. The summed E-state index contributed by atoms with van der Waals surface area (Å²) in [6.45, 7) is 2.63. The van der Waals surface area contributed by atoms with Gasteiger partial charge in [0.2, 0.25) is 5.91 Å². The maximum absolute atomic E-state index is 12.8. The molecule has 1 aliphatic heterocycles. The van der Waals surface area contributed by atoms with Crippen LogP contribution in [-0.4, -0.2) is 36.0 Å². The van der Waals surface area contributed by atoms with Gasteiger partial charge in [-0.15, -0.1) is 0 Å². The van der Waals surface area contributed by atoms with E-state index in [4.69, 9.17) is 0 Å². The number of benzene rings is 1. The van der Waals surface area contributed by atoms with Crippen molar-refractivity contribution in [1.29, 1.82) is 0 Å². The second-order valence-electron chi connectivity index (χ2n) is 7.44. The molecule has 1 amide bonds. The van der Waals surface area contributed by atoms with Gasteiger partial charge in [0, 0.05) is 53.8 Å². The fraction of sp³-hybridized carbons (Fsp3) is 0.174. The van der Waals surface area contributed by atoms with Gasteiger partial charge in [-0.2, -0.15) is 5.10 Å². The quantitative estimate of drug-likeness (QED) is 0.507. The van der Waals surface area contributed by atoms with Crippen molar-refractivity contribution in [2.45, 2.75) is 24.7 Å². The van der Waals surface area contributed by atoms with Gasteiger partial charge in [0.1, 0.15) is 6.04 Å². The highest BCUT2D eigenvalue weighted by atomic mass is 32.2. The van der Waals surface area contributed by atoms with Gasteiger partial charge in [-0.25, -0.2) is 9.67 Å². The lowest BCUT2D eigenvalue weighted by Gasteiger charge is -2.15. The van der Waals surface area contributed by atoms with Gasteiger partial charge >= 0.3 is 0 Å². The normalized spacial score (nSPS) is 13.5. The van der Waals surface area contributed by atoms with Gasteiger partial charge in [-0.3, -0.25) is 14.6 Å². The van der Waals surface area contributed by atoms with Crippen LogP contribution in [-0.2, 0) is 11.3 Å². The van der Waals surface area contributed by atoms with Crippen molar-refractivity contribution in [2.75, 3.05) is 11.1 Å². The molecule has 1 unspecified atom stereocenters. The highest BCUT2D eigenvalue weighted by Crippen LogP contribution is 2.29. The maximum atomic E-state index is 12.8. The summed E-state index contributed by atoms with van der Waals surface area (Å²) in [4.78, 5) is 33.9. The average molecular weight is 445 g/mol. The molecule has 8 nitrogen and oxygen atoms in total. The summed E-state index contributed by atoms with van der Waals surface area (Å²) in [7, 11) is 0. The fourth-order valence-corrected chi connectivity index (χ4v) is 4.45. The number of carbonyl (C=O) groups is 1. The zero-order chi connectivity index (χ0) is 22.1. The molecule has 0 saturated heterocycles. The zero-order valence-electron chi connectivity index (χ0n) is 17.3. The second kappa shape index (κ2) is 8.43. The number of pyridine rings is 1. The van der Waals surface area contributed by atoms with Crippen LogP contribution < -0.4 is 10.9 Å². The Balaban J connectivity index is 1.32. The van der Waals surface area contributed by atoms with Crippen LogP contribution in [0.4, 0.5) is 5.69 Å². The van der Waals surface area contributed by atoms with E-state index in [9.17, 15) is 9.59 Å². The van der Waals surface area contributed by atoms with E-state index in [0.29, 0.717) is 11.4 Å².